The van der Waals surface area contributed by atoms with Gasteiger partial charge in [-0.3, -0.25) is 9.89 Å². The lowest BCUT2D eigenvalue weighted by molar-refractivity contribution is -0.138. The van der Waals surface area contributed by atoms with Crippen LogP contribution in [0.1, 0.15) is 16.7 Å². The average Bonchev–Trinajstić information content (AvgIpc) is 3.43. The van der Waals surface area contributed by atoms with Gasteiger partial charge in [-0.25, -0.2) is 0 Å². The fourth-order valence-electron chi connectivity index (χ4n) is 3.70. The van der Waals surface area contributed by atoms with Gasteiger partial charge in [0.25, 0.3) is 5.91 Å². The third-order valence-electron chi connectivity index (χ3n) is 5.41. The fraction of sp³-hybridized carbons (Fsp3) is 0.261. The zero-order valence-corrected chi connectivity index (χ0v) is 19.9. The lowest BCUT2D eigenvalue weighted by Crippen LogP contribution is -2.33. The summed E-state index contributed by atoms with van der Waals surface area (Å²) >= 11 is 6.85. The van der Waals surface area contributed by atoms with Gasteiger partial charge in [0.05, 0.1) is 34.9 Å². The number of amidine groups is 1. The van der Waals surface area contributed by atoms with Gasteiger partial charge in [-0.05, 0) is 59.1 Å². The number of allylic oxidation sites excluding steroid dienone is 1. The summed E-state index contributed by atoms with van der Waals surface area (Å²) in [5, 5.41) is 26.6. The molecule has 3 N–H and O–H groups in total. The average molecular weight is 525 g/mol. The predicted octanol–water partition coefficient (Wildman–Crippen LogP) is 4.10. The zero-order valence-electron chi connectivity index (χ0n) is 18.3. The Balaban J connectivity index is 1.80. The van der Waals surface area contributed by atoms with Crippen molar-refractivity contribution in [1.29, 1.82) is 0 Å². The van der Waals surface area contributed by atoms with Crippen molar-refractivity contribution in [1.82, 2.24) is 15.1 Å². The second kappa shape index (κ2) is 10.0. The summed E-state index contributed by atoms with van der Waals surface area (Å²) in [7, 11) is 1.60. The van der Waals surface area contributed by atoms with E-state index in [4.69, 9.17) is 16.7 Å². The number of H-pyrrole nitrogens is 1. The Hall–Kier alpha value is -2.86. The van der Waals surface area contributed by atoms with Crippen LogP contribution >= 0.6 is 23.4 Å². The summed E-state index contributed by atoms with van der Waals surface area (Å²) in [5.74, 6) is -0.597. The highest BCUT2D eigenvalue weighted by molar-refractivity contribution is 8.18. The summed E-state index contributed by atoms with van der Waals surface area (Å²) in [6, 6.07) is 8.74. The van der Waals surface area contributed by atoms with E-state index in [0.717, 1.165) is 28.7 Å². The number of nitrogens with zero attached hydrogens (tertiary/aromatic N) is 3. The van der Waals surface area contributed by atoms with E-state index >= 15 is 0 Å². The van der Waals surface area contributed by atoms with Crippen molar-refractivity contribution in [2.75, 3.05) is 20.2 Å². The highest BCUT2D eigenvalue weighted by atomic mass is 35.5. The van der Waals surface area contributed by atoms with Gasteiger partial charge in [-0.2, -0.15) is 23.3 Å². The minimum Gasteiger partial charge on any atom is -0.394 e. The Bertz CT molecular complexity index is 1340. The molecule has 2 aromatic carbocycles. The second-order valence-corrected chi connectivity index (χ2v) is 9.39. The van der Waals surface area contributed by atoms with Gasteiger partial charge in [0.15, 0.2) is 5.17 Å². The number of aliphatic hydroxyl groups excluding tert-OH is 2. The van der Waals surface area contributed by atoms with Gasteiger partial charge in [-0.1, -0.05) is 23.7 Å². The molecule has 0 aliphatic carbocycles. The van der Waals surface area contributed by atoms with Gasteiger partial charge < -0.3 is 15.1 Å². The molecule has 1 amide bonds. The molecule has 4 rings (SSSR count). The van der Waals surface area contributed by atoms with E-state index in [0.29, 0.717) is 11.1 Å². The summed E-state index contributed by atoms with van der Waals surface area (Å²) in [6.45, 7) is -0.444. The first-order valence-electron chi connectivity index (χ1n) is 10.4. The molecule has 1 unspecified atom stereocenters. The number of benzene rings is 2. The number of hydrogen-bond acceptors (Lipinski definition) is 6. The van der Waals surface area contributed by atoms with E-state index in [-0.39, 0.29) is 33.6 Å². The largest absolute Gasteiger partial charge is 0.416 e. The van der Waals surface area contributed by atoms with Crippen molar-refractivity contribution in [3.05, 3.63) is 69.2 Å². The minimum absolute atomic E-state index is 0.0224. The fourth-order valence-corrected chi connectivity index (χ4v) is 4.86. The molecule has 2 heterocycles. The lowest BCUT2D eigenvalue weighted by Gasteiger charge is -2.20. The smallest absolute Gasteiger partial charge is 0.394 e. The number of alkyl halides is 3. The van der Waals surface area contributed by atoms with Crippen molar-refractivity contribution >= 4 is 50.9 Å². The molecule has 0 bridgehead atoms. The monoisotopic (exact) mass is 524 g/mol. The van der Waals surface area contributed by atoms with Gasteiger partial charge in [0.1, 0.15) is 0 Å². The standard InChI is InChI=1S/C23H20ClF3N4O3S/c1-31(10-16(33)11-32)22-29-21(34)20(35-22)17(12-3-5-19-14(6-12)9-28-30-19)7-13-2-4-15(24)8-18(13)23(25,26)27/h2-6,8-9,16,32-33H,7,10-11H2,1H3,(H,28,30). The number of aromatic nitrogens is 2. The number of hydrogen-bond donors (Lipinski definition) is 3. The molecule has 35 heavy (non-hydrogen) atoms. The Kier molecular flexibility index (Phi) is 7.22. The molecule has 7 nitrogen and oxygen atoms in total. The van der Waals surface area contributed by atoms with Crippen molar-refractivity contribution in [2.24, 2.45) is 4.99 Å². The number of aromatic amines is 1. The highest BCUT2D eigenvalue weighted by Crippen LogP contribution is 2.40. The molecule has 184 valence electrons. The predicted molar refractivity (Wildman–Crippen MR) is 129 cm³/mol. The second-order valence-electron chi connectivity index (χ2n) is 7.97. The van der Waals surface area contributed by atoms with E-state index in [9.17, 15) is 23.1 Å². The normalized spacial score (nSPS) is 16.5. The summed E-state index contributed by atoms with van der Waals surface area (Å²) in [6.07, 6.45) is -4.30. The molecule has 3 aromatic rings. The molecule has 1 aromatic heterocycles. The molecule has 1 atom stereocenters. The van der Waals surface area contributed by atoms with E-state index < -0.39 is 30.4 Å². The van der Waals surface area contributed by atoms with Crippen LogP contribution in [-0.2, 0) is 17.4 Å². The SMILES string of the molecule is CN(CC(O)CO)C1=NC(=O)C(=C(Cc2ccc(Cl)cc2C(F)(F)F)c2ccc3[nH]ncc3c2)S1. The molecule has 12 heteroatoms. The number of fused-ring (bicyclic) bond motifs is 1. The number of rotatable bonds is 6. The van der Waals surface area contributed by atoms with Crippen LogP contribution in [0.5, 0.6) is 0 Å². The van der Waals surface area contributed by atoms with Crippen LogP contribution in [0, 0.1) is 0 Å². The first-order chi connectivity index (χ1) is 16.6. The molecular formula is C23H20ClF3N4O3S. The number of carbonyl (C=O) groups is 1. The van der Waals surface area contributed by atoms with Gasteiger partial charge in [0, 0.05) is 24.0 Å². The van der Waals surface area contributed by atoms with E-state index in [1.807, 2.05) is 0 Å². The van der Waals surface area contributed by atoms with Crippen molar-refractivity contribution in [2.45, 2.75) is 18.7 Å². The number of amides is 1. The van der Waals surface area contributed by atoms with Crippen LogP contribution in [0.25, 0.3) is 16.5 Å². The van der Waals surface area contributed by atoms with Crippen LogP contribution in [0.15, 0.2) is 52.5 Å². The molecule has 1 aliphatic heterocycles. The molecule has 0 saturated carbocycles. The minimum atomic E-state index is -4.64. The zero-order chi connectivity index (χ0) is 25.3. The van der Waals surface area contributed by atoms with Crippen LogP contribution in [0.2, 0.25) is 5.02 Å². The molecule has 1 aliphatic rings. The first-order valence-corrected chi connectivity index (χ1v) is 11.6. The molecule has 0 fully saturated rings. The highest BCUT2D eigenvalue weighted by Gasteiger charge is 2.35. The number of nitrogens with one attached hydrogen (secondary N) is 1. The van der Waals surface area contributed by atoms with Gasteiger partial charge >= 0.3 is 6.18 Å². The summed E-state index contributed by atoms with van der Waals surface area (Å²) in [4.78, 5) is 18.7. The van der Waals surface area contributed by atoms with Crippen molar-refractivity contribution in [3.63, 3.8) is 0 Å². The molecule has 0 radical (unpaired) electrons. The third kappa shape index (κ3) is 5.53. The Morgan fingerprint density at radius 1 is 1.26 bits per heavy atom. The third-order valence-corrected chi connectivity index (χ3v) is 6.86. The Morgan fingerprint density at radius 2 is 2.03 bits per heavy atom. The first kappa shape index (κ1) is 25.2. The number of carbonyl (C=O) groups excluding carboxylic acids is 1. The maximum Gasteiger partial charge on any atom is 0.416 e. The van der Waals surface area contributed by atoms with E-state index in [1.165, 1.54) is 17.0 Å². The number of aliphatic imine (C=N–C) groups is 1. The number of likely N-dealkylation sites (N-methyl/N-ethyl adjacent to an activating group) is 1. The maximum atomic E-state index is 13.8. The van der Waals surface area contributed by atoms with E-state index in [1.54, 1.807) is 31.4 Å². The van der Waals surface area contributed by atoms with E-state index in [2.05, 4.69) is 15.2 Å². The number of halogens is 4. The molecular weight excluding hydrogens is 505 g/mol. The Labute approximate surface area is 207 Å². The van der Waals surface area contributed by atoms with Gasteiger partial charge in [-0.15, -0.1) is 0 Å². The van der Waals surface area contributed by atoms with Crippen LogP contribution < -0.4 is 0 Å². The summed E-state index contributed by atoms with van der Waals surface area (Å²) < 4.78 is 41.4. The molecule has 0 spiro atoms. The van der Waals surface area contributed by atoms with Crippen molar-refractivity contribution < 1.29 is 28.2 Å². The van der Waals surface area contributed by atoms with Crippen LogP contribution in [0.4, 0.5) is 13.2 Å². The maximum absolute atomic E-state index is 13.8. The Morgan fingerprint density at radius 3 is 2.74 bits per heavy atom. The summed E-state index contributed by atoms with van der Waals surface area (Å²) in [5.41, 5.74) is 0.730. The number of aliphatic hydroxyl groups is 2. The van der Waals surface area contributed by atoms with Crippen molar-refractivity contribution in [3.8, 4) is 0 Å². The molecule has 0 saturated heterocycles. The topological polar surface area (TPSA) is 102 Å². The number of thioether (sulfide) groups is 1. The van der Waals surface area contributed by atoms with Crippen LogP contribution in [-0.4, -0.2) is 62.7 Å². The quantitative estimate of drug-likeness (QED) is 0.420. The van der Waals surface area contributed by atoms with Gasteiger partial charge in [0.2, 0.25) is 0 Å². The van der Waals surface area contributed by atoms with Crippen LogP contribution in [0.3, 0.4) is 0 Å². The lowest BCUT2D eigenvalue weighted by atomic mass is 9.93.